The third-order valence-corrected chi connectivity index (χ3v) is 4.41. The van der Waals surface area contributed by atoms with E-state index >= 15 is 0 Å². The summed E-state index contributed by atoms with van der Waals surface area (Å²) >= 11 is 4.31. The van der Waals surface area contributed by atoms with Crippen LogP contribution in [0.25, 0.3) is 0 Å². The van der Waals surface area contributed by atoms with Crippen LogP contribution in [0.2, 0.25) is 0 Å². The maximum atomic E-state index is 11.8. The summed E-state index contributed by atoms with van der Waals surface area (Å²) in [6.07, 6.45) is 5.34. The summed E-state index contributed by atoms with van der Waals surface area (Å²) in [4.78, 5) is 11.8. The van der Waals surface area contributed by atoms with Crippen LogP contribution >= 0.6 is 12.6 Å². The zero-order valence-electron chi connectivity index (χ0n) is 9.87. The topological polar surface area (TPSA) is 38.3 Å². The Morgan fingerprint density at radius 2 is 2.38 bits per heavy atom. The van der Waals surface area contributed by atoms with E-state index < -0.39 is 0 Å². The molecule has 2 unspecified atom stereocenters. The lowest BCUT2D eigenvalue weighted by atomic mass is 10.0. The van der Waals surface area contributed by atoms with E-state index in [1.54, 1.807) is 0 Å². The summed E-state index contributed by atoms with van der Waals surface area (Å²) in [5.41, 5.74) is 0.212. The molecule has 1 amide bonds. The van der Waals surface area contributed by atoms with E-state index in [-0.39, 0.29) is 23.5 Å². The summed E-state index contributed by atoms with van der Waals surface area (Å²) in [5, 5.41) is 3.05. The largest absolute Gasteiger partial charge is 0.376 e. The van der Waals surface area contributed by atoms with Gasteiger partial charge in [0.1, 0.15) is 0 Å². The number of carbonyl (C=O) groups excluding carboxylic acids is 1. The first-order valence-electron chi connectivity index (χ1n) is 6.17. The van der Waals surface area contributed by atoms with Gasteiger partial charge in [-0.1, -0.05) is 0 Å². The van der Waals surface area contributed by atoms with Gasteiger partial charge in [-0.3, -0.25) is 4.79 Å². The van der Waals surface area contributed by atoms with Crippen molar-refractivity contribution in [3.63, 3.8) is 0 Å². The van der Waals surface area contributed by atoms with E-state index in [0.717, 1.165) is 38.0 Å². The van der Waals surface area contributed by atoms with E-state index in [1.165, 1.54) is 0 Å². The highest BCUT2D eigenvalue weighted by molar-refractivity contribution is 7.80. The Hall–Kier alpha value is -0.220. The van der Waals surface area contributed by atoms with Crippen LogP contribution in [0.15, 0.2) is 0 Å². The van der Waals surface area contributed by atoms with Crippen molar-refractivity contribution in [1.82, 2.24) is 5.32 Å². The quantitative estimate of drug-likeness (QED) is 0.722. The van der Waals surface area contributed by atoms with Gasteiger partial charge in [-0.15, -0.1) is 0 Å². The van der Waals surface area contributed by atoms with E-state index in [2.05, 4.69) is 17.9 Å². The summed E-state index contributed by atoms with van der Waals surface area (Å²) in [5.74, 6) is 0.990. The normalized spacial score (nSPS) is 28.8. The molecule has 0 aromatic rings. The lowest BCUT2D eigenvalue weighted by Crippen LogP contribution is -2.41. The Labute approximate surface area is 103 Å². The fraction of sp³-hybridized carbons (Fsp3) is 0.917. The fourth-order valence-electron chi connectivity index (χ4n) is 2.30. The highest BCUT2D eigenvalue weighted by atomic mass is 32.1. The third kappa shape index (κ3) is 2.92. The molecule has 1 heterocycles. The molecule has 1 N–H and O–H groups in total. The minimum absolute atomic E-state index is 0.144. The molecule has 16 heavy (non-hydrogen) atoms. The first-order valence-corrected chi connectivity index (χ1v) is 6.80. The fourth-order valence-corrected chi connectivity index (χ4v) is 2.73. The zero-order valence-corrected chi connectivity index (χ0v) is 10.8. The Morgan fingerprint density at radius 3 is 2.88 bits per heavy atom. The number of hydrogen-bond acceptors (Lipinski definition) is 3. The van der Waals surface area contributed by atoms with Gasteiger partial charge in [0.25, 0.3) is 0 Å². The molecule has 0 radical (unpaired) electrons. The van der Waals surface area contributed by atoms with Crippen molar-refractivity contribution in [3.05, 3.63) is 0 Å². The molecule has 3 nitrogen and oxygen atoms in total. The van der Waals surface area contributed by atoms with E-state index in [0.29, 0.717) is 6.42 Å². The number of amides is 1. The lowest BCUT2D eigenvalue weighted by Gasteiger charge is -2.21. The SMILES string of the molecule is CC(NC(=O)CC1(CS)CC1)C1CCCO1. The summed E-state index contributed by atoms with van der Waals surface area (Å²) in [6, 6.07) is 0.144. The Balaban J connectivity index is 1.74. The molecule has 1 saturated heterocycles. The highest BCUT2D eigenvalue weighted by Crippen LogP contribution is 2.49. The van der Waals surface area contributed by atoms with Crippen LogP contribution in [0.1, 0.15) is 39.0 Å². The van der Waals surface area contributed by atoms with Crippen LogP contribution in [0, 0.1) is 5.41 Å². The van der Waals surface area contributed by atoms with Crippen molar-refractivity contribution in [1.29, 1.82) is 0 Å². The second-order valence-corrected chi connectivity index (χ2v) is 5.56. The van der Waals surface area contributed by atoms with Gasteiger partial charge in [-0.05, 0) is 43.8 Å². The lowest BCUT2D eigenvalue weighted by molar-refractivity contribution is -0.123. The number of hydrogen-bond donors (Lipinski definition) is 2. The molecular formula is C12H21NO2S. The van der Waals surface area contributed by atoms with Gasteiger partial charge in [0.05, 0.1) is 12.1 Å². The smallest absolute Gasteiger partial charge is 0.220 e. The molecular weight excluding hydrogens is 222 g/mol. The van der Waals surface area contributed by atoms with Crippen molar-refractivity contribution in [2.75, 3.05) is 12.4 Å². The molecule has 2 aliphatic rings. The summed E-state index contributed by atoms with van der Waals surface area (Å²) in [6.45, 7) is 2.87. The van der Waals surface area contributed by atoms with Gasteiger partial charge in [0.15, 0.2) is 0 Å². The van der Waals surface area contributed by atoms with Crippen molar-refractivity contribution >= 4 is 18.5 Å². The molecule has 2 rings (SSSR count). The maximum Gasteiger partial charge on any atom is 0.220 e. The minimum Gasteiger partial charge on any atom is -0.376 e. The standard InChI is InChI=1S/C12H21NO2S/c1-9(10-3-2-6-15-10)13-11(14)7-12(8-16)4-5-12/h9-10,16H,2-8H2,1H3,(H,13,14). The van der Waals surface area contributed by atoms with E-state index in [4.69, 9.17) is 4.74 Å². The monoisotopic (exact) mass is 243 g/mol. The van der Waals surface area contributed by atoms with Gasteiger partial charge >= 0.3 is 0 Å². The second kappa shape index (κ2) is 4.96. The zero-order chi connectivity index (χ0) is 11.6. The van der Waals surface area contributed by atoms with Crippen molar-refractivity contribution in [2.24, 2.45) is 5.41 Å². The van der Waals surface area contributed by atoms with Crippen molar-refractivity contribution in [2.45, 2.75) is 51.2 Å². The Morgan fingerprint density at radius 1 is 1.62 bits per heavy atom. The van der Waals surface area contributed by atoms with Crippen molar-refractivity contribution in [3.8, 4) is 0 Å². The number of ether oxygens (including phenoxy) is 1. The van der Waals surface area contributed by atoms with E-state index in [1.807, 2.05) is 6.92 Å². The molecule has 2 fully saturated rings. The second-order valence-electron chi connectivity index (χ2n) is 5.24. The average Bonchev–Trinajstić information content (AvgIpc) is 2.82. The predicted molar refractivity (Wildman–Crippen MR) is 66.7 cm³/mol. The first kappa shape index (κ1) is 12.2. The Kier molecular flexibility index (Phi) is 3.80. The first-order chi connectivity index (χ1) is 7.65. The maximum absolute atomic E-state index is 11.8. The molecule has 0 bridgehead atoms. The molecule has 0 aromatic carbocycles. The van der Waals surface area contributed by atoms with E-state index in [9.17, 15) is 4.79 Å². The average molecular weight is 243 g/mol. The van der Waals surface area contributed by atoms with Crippen LogP contribution in [-0.4, -0.2) is 30.4 Å². The minimum atomic E-state index is 0.144. The molecule has 1 saturated carbocycles. The summed E-state index contributed by atoms with van der Waals surface area (Å²) < 4.78 is 5.56. The van der Waals surface area contributed by atoms with Gasteiger partial charge in [0.2, 0.25) is 5.91 Å². The molecule has 2 atom stereocenters. The Bertz CT molecular complexity index is 260. The van der Waals surface area contributed by atoms with Gasteiger partial charge in [0, 0.05) is 13.0 Å². The molecule has 1 aliphatic carbocycles. The van der Waals surface area contributed by atoms with Crippen molar-refractivity contribution < 1.29 is 9.53 Å². The van der Waals surface area contributed by atoms with Gasteiger partial charge in [-0.25, -0.2) is 0 Å². The molecule has 4 heteroatoms. The number of carbonyl (C=O) groups is 1. The third-order valence-electron chi connectivity index (χ3n) is 3.74. The van der Waals surface area contributed by atoms with Crippen LogP contribution in [0.4, 0.5) is 0 Å². The number of rotatable bonds is 5. The molecule has 1 aliphatic heterocycles. The van der Waals surface area contributed by atoms with Gasteiger partial charge < -0.3 is 10.1 Å². The van der Waals surface area contributed by atoms with Crippen LogP contribution in [0.3, 0.4) is 0 Å². The van der Waals surface area contributed by atoms with Crippen LogP contribution < -0.4 is 5.32 Å². The highest BCUT2D eigenvalue weighted by Gasteiger charge is 2.43. The number of thiol groups is 1. The number of nitrogens with one attached hydrogen (secondary N) is 1. The predicted octanol–water partition coefficient (Wildman–Crippen LogP) is 1.77. The molecule has 0 aromatic heterocycles. The van der Waals surface area contributed by atoms with Gasteiger partial charge in [-0.2, -0.15) is 12.6 Å². The summed E-state index contributed by atoms with van der Waals surface area (Å²) in [7, 11) is 0. The van der Waals surface area contributed by atoms with Crippen LogP contribution in [-0.2, 0) is 9.53 Å². The molecule has 0 spiro atoms. The van der Waals surface area contributed by atoms with Crippen LogP contribution in [0.5, 0.6) is 0 Å². The molecule has 92 valence electrons.